The number of nitrogens with one attached hydrogen (secondary N) is 1. The summed E-state index contributed by atoms with van der Waals surface area (Å²) in [6, 6.07) is 8.60. The van der Waals surface area contributed by atoms with E-state index in [0.29, 0.717) is 18.8 Å². The predicted octanol–water partition coefficient (Wildman–Crippen LogP) is 3.36. The van der Waals surface area contributed by atoms with Gasteiger partial charge in [-0.2, -0.15) is 0 Å². The lowest BCUT2D eigenvalue weighted by molar-refractivity contribution is 0.0576. The Morgan fingerprint density at radius 1 is 1.27 bits per heavy atom. The van der Waals surface area contributed by atoms with E-state index >= 15 is 0 Å². The molecule has 0 spiro atoms. The molecule has 1 aromatic rings. The first-order valence-electron chi connectivity index (χ1n) is 9.76. The van der Waals surface area contributed by atoms with E-state index < -0.39 is 0 Å². The summed E-state index contributed by atoms with van der Waals surface area (Å²) in [6.07, 6.45) is 5.14. The Morgan fingerprint density at radius 3 is 2.62 bits per heavy atom. The summed E-state index contributed by atoms with van der Waals surface area (Å²) in [5.41, 5.74) is 1.01. The van der Waals surface area contributed by atoms with E-state index in [9.17, 15) is 0 Å². The fourth-order valence-electron chi connectivity index (χ4n) is 3.77. The molecule has 2 fully saturated rings. The van der Waals surface area contributed by atoms with Crippen molar-refractivity contribution in [2.45, 2.75) is 44.8 Å². The molecule has 5 nitrogen and oxygen atoms in total. The molecule has 0 bridgehead atoms. The maximum absolute atomic E-state index is 5.77. The number of benzene rings is 1. The van der Waals surface area contributed by atoms with Crippen LogP contribution in [0.3, 0.4) is 0 Å². The van der Waals surface area contributed by atoms with Gasteiger partial charge in [-0.25, -0.2) is 0 Å². The third-order valence-corrected chi connectivity index (χ3v) is 5.67. The van der Waals surface area contributed by atoms with Gasteiger partial charge in [0, 0.05) is 38.0 Å². The summed E-state index contributed by atoms with van der Waals surface area (Å²) < 4.78 is 11.3. The molecule has 2 saturated heterocycles. The first-order chi connectivity index (χ1) is 12.7. The minimum Gasteiger partial charge on any atom is -0.494 e. The summed E-state index contributed by atoms with van der Waals surface area (Å²) in [6.45, 7) is 6.67. The summed E-state index contributed by atoms with van der Waals surface area (Å²) in [7, 11) is 2.23. The van der Waals surface area contributed by atoms with E-state index in [1.54, 1.807) is 0 Å². The van der Waals surface area contributed by atoms with Gasteiger partial charge in [0.15, 0.2) is 5.11 Å². The third kappa shape index (κ3) is 5.32. The van der Waals surface area contributed by atoms with Crippen LogP contribution in [0.1, 0.15) is 32.6 Å². The molecule has 2 aliphatic heterocycles. The molecule has 144 valence electrons. The van der Waals surface area contributed by atoms with Gasteiger partial charge in [-0.3, -0.25) is 0 Å². The van der Waals surface area contributed by atoms with Crippen molar-refractivity contribution >= 4 is 23.0 Å². The molecule has 0 radical (unpaired) electrons. The lowest BCUT2D eigenvalue weighted by atomic mass is 10.0. The van der Waals surface area contributed by atoms with Crippen molar-refractivity contribution in [2.24, 2.45) is 0 Å². The molecular weight excluding hydrogens is 346 g/mol. The summed E-state index contributed by atoms with van der Waals surface area (Å²) >= 11 is 5.61. The SMILES string of the molecule is CCOc1ccc(NC(=S)N2CCC(N(C)C[C@H]3CCCO3)CC2)cc1. The highest BCUT2D eigenvalue weighted by atomic mass is 32.1. The Morgan fingerprint density at radius 2 is 2.00 bits per heavy atom. The van der Waals surface area contributed by atoms with Crippen molar-refractivity contribution in [1.82, 2.24) is 9.80 Å². The second-order valence-corrected chi connectivity index (χ2v) is 7.57. The van der Waals surface area contributed by atoms with Crippen LogP contribution in [0.25, 0.3) is 0 Å². The molecule has 0 aromatic heterocycles. The van der Waals surface area contributed by atoms with Crippen molar-refractivity contribution in [3.05, 3.63) is 24.3 Å². The number of likely N-dealkylation sites (N-methyl/N-ethyl adjacent to an activating group) is 1. The predicted molar refractivity (Wildman–Crippen MR) is 110 cm³/mol. The first-order valence-corrected chi connectivity index (χ1v) is 10.2. The normalized spacial score (nSPS) is 21.2. The van der Waals surface area contributed by atoms with Gasteiger partial charge in [-0.1, -0.05) is 0 Å². The molecule has 0 saturated carbocycles. The Balaban J connectivity index is 1.42. The van der Waals surface area contributed by atoms with E-state index in [4.69, 9.17) is 21.7 Å². The third-order valence-electron chi connectivity index (χ3n) is 5.31. The monoisotopic (exact) mass is 377 g/mol. The van der Waals surface area contributed by atoms with Crippen molar-refractivity contribution in [1.29, 1.82) is 0 Å². The minimum atomic E-state index is 0.431. The molecule has 2 heterocycles. The largest absolute Gasteiger partial charge is 0.494 e. The number of piperidine rings is 1. The Hall–Kier alpha value is -1.37. The summed E-state index contributed by atoms with van der Waals surface area (Å²) in [5.74, 6) is 0.888. The maximum Gasteiger partial charge on any atom is 0.173 e. The zero-order valence-electron chi connectivity index (χ0n) is 15.9. The average molecular weight is 378 g/mol. The number of rotatable bonds is 6. The van der Waals surface area contributed by atoms with Gasteiger partial charge in [0.2, 0.25) is 0 Å². The zero-order valence-corrected chi connectivity index (χ0v) is 16.8. The van der Waals surface area contributed by atoms with Crippen LogP contribution in [0.5, 0.6) is 5.75 Å². The molecular formula is C20H31N3O2S. The molecule has 6 heteroatoms. The highest BCUT2D eigenvalue weighted by Gasteiger charge is 2.26. The zero-order chi connectivity index (χ0) is 18.4. The highest BCUT2D eigenvalue weighted by molar-refractivity contribution is 7.80. The van der Waals surface area contributed by atoms with Gasteiger partial charge >= 0.3 is 0 Å². The number of anilines is 1. The van der Waals surface area contributed by atoms with Crippen molar-refractivity contribution in [3.63, 3.8) is 0 Å². The fourth-order valence-corrected chi connectivity index (χ4v) is 4.07. The van der Waals surface area contributed by atoms with Crippen LogP contribution in [-0.4, -0.2) is 67.0 Å². The lowest BCUT2D eigenvalue weighted by Gasteiger charge is -2.38. The molecule has 1 N–H and O–H groups in total. The van der Waals surface area contributed by atoms with E-state index in [2.05, 4.69) is 22.2 Å². The van der Waals surface area contributed by atoms with Crippen LogP contribution in [0.2, 0.25) is 0 Å². The smallest absolute Gasteiger partial charge is 0.173 e. The van der Waals surface area contributed by atoms with Crippen LogP contribution in [-0.2, 0) is 4.74 Å². The van der Waals surface area contributed by atoms with Crippen LogP contribution < -0.4 is 10.1 Å². The number of hydrogen-bond donors (Lipinski definition) is 1. The van der Waals surface area contributed by atoms with Crippen LogP contribution >= 0.6 is 12.2 Å². The molecule has 0 amide bonds. The van der Waals surface area contributed by atoms with Gasteiger partial charge in [0.25, 0.3) is 0 Å². The highest BCUT2D eigenvalue weighted by Crippen LogP contribution is 2.21. The lowest BCUT2D eigenvalue weighted by Crippen LogP contribution is -2.48. The Labute approximate surface area is 162 Å². The van der Waals surface area contributed by atoms with E-state index in [-0.39, 0.29) is 0 Å². The second kappa shape index (κ2) is 9.53. The van der Waals surface area contributed by atoms with Gasteiger partial charge in [-0.15, -0.1) is 0 Å². The van der Waals surface area contributed by atoms with E-state index in [1.165, 1.54) is 12.8 Å². The van der Waals surface area contributed by atoms with Crippen molar-refractivity contribution in [3.8, 4) is 5.75 Å². The summed E-state index contributed by atoms with van der Waals surface area (Å²) in [4.78, 5) is 4.76. The second-order valence-electron chi connectivity index (χ2n) is 7.18. The van der Waals surface area contributed by atoms with Gasteiger partial charge in [0.05, 0.1) is 12.7 Å². The molecule has 1 aromatic carbocycles. The number of likely N-dealkylation sites (tertiary alicyclic amines) is 1. The van der Waals surface area contributed by atoms with Gasteiger partial charge in [-0.05, 0) is 76.1 Å². The minimum absolute atomic E-state index is 0.431. The first kappa shape index (κ1) is 19.4. The number of thiocarbonyl (C=S) groups is 1. The molecule has 0 aliphatic carbocycles. The van der Waals surface area contributed by atoms with Crippen LogP contribution in [0.15, 0.2) is 24.3 Å². The standard InChI is InChI=1S/C20H31N3O2S/c1-3-24-18-8-6-16(7-9-18)21-20(26)23-12-10-17(11-13-23)22(2)15-19-5-4-14-25-19/h6-9,17,19H,3-5,10-15H2,1-2H3,(H,21,26)/t19-/m1/s1. The van der Waals surface area contributed by atoms with Crippen LogP contribution in [0, 0.1) is 0 Å². The van der Waals surface area contributed by atoms with E-state index in [0.717, 1.165) is 55.6 Å². The molecule has 3 rings (SSSR count). The van der Waals surface area contributed by atoms with Crippen LogP contribution in [0.4, 0.5) is 5.69 Å². The Kier molecular flexibility index (Phi) is 7.11. The van der Waals surface area contributed by atoms with E-state index in [1.807, 2.05) is 31.2 Å². The quantitative estimate of drug-likeness (QED) is 0.766. The Bertz CT molecular complexity index is 567. The summed E-state index contributed by atoms with van der Waals surface area (Å²) in [5, 5.41) is 4.17. The number of nitrogens with zero attached hydrogens (tertiary/aromatic N) is 2. The van der Waals surface area contributed by atoms with Crippen molar-refractivity contribution < 1.29 is 9.47 Å². The van der Waals surface area contributed by atoms with Crippen molar-refractivity contribution in [2.75, 3.05) is 45.2 Å². The number of ether oxygens (including phenoxy) is 2. The van der Waals surface area contributed by atoms with Gasteiger partial charge in [0.1, 0.15) is 5.75 Å². The topological polar surface area (TPSA) is 37.0 Å². The fraction of sp³-hybridized carbons (Fsp3) is 0.650. The average Bonchev–Trinajstić information content (AvgIpc) is 3.16. The molecule has 1 atom stereocenters. The van der Waals surface area contributed by atoms with Gasteiger partial charge < -0.3 is 24.6 Å². The molecule has 0 unspecified atom stereocenters. The molecule has 2 aliphatic rings. The molecule has 26 heavy (non-hydrogen) atoms. The number of hydrogen-bond acceptors (Lipinski definition) is 4. The maximum atomic E-state index is 5.77.